The van der Waals surface area contributed by atoms with E-state index in [1.807, 2.05) is 54.6 Å². The molecular weight excluding hydrogens is 398 g/mol. The Labute approximate surface area is 182 Å². The number of unbranched alkanes of at least 4 members (excludes halogenated alkanes) is 1. The summed E-state index contributed by atoms with van der Waals surface area (Å²) in [5.74, 6) is 0.426. The van der Waals surface area contributed by atoms with Crippen LogP contribution < -0.4 is 5.73 Å². The molecule has 0 aliphatic heterocycles. The Hall–Kier alpha value is -2.92. The predicted octanol–water partition coefficient (Wildman–Crippen LogP) is 4.78. The van der Waals surface area contributed by atoms with Crippen molar-refractivity contribution in [2.75, 3.05) is 5.88 Å². The number of rotatable bonds is 9. The summed E-state index contributed by atoms with van der Waals surface area (Å²) in [6.07, 6.45) is 6.60. The van der Waals surface area contributed by atoms with Crippen molar-refractivity contribution in [2.24, 2.45) is 5.73 Å². The van der Waals surface area contributed by atoms with Crippen LogP contribution in [0.5, 0.6) is 0 Å². The summed E-state index contributed by atoms with van der Waals surface area (Å²) in [4.78, 5) is 26.4. The molecule has 0 saturated heterocycles. The summed E-state index contributed by atoms with van der Waals surface area (Å²) in [5, 5.41) is 0. The minimum atomic E-state index is -0.327. The highest BCUT2D eigenvalue weighted by Crippen LogP contribution is 2.28. The SMILES string of the molecule is CCCCCl.NC(=O)CC(c1ccccc1)c1ccc(Cn2cncc2C=O)cc1. The van der Waals surface area contributed by atoms with Crippen LogP contribution in [0.2, 0.25) is 0 Å². The van der Waals surface area contributed by atoms with Crippen molar-refractivity contribution in [1.29, 1.82) is 0 Å². The highest BCUT2D eigenvalue weighted by molar-refractivity contribution is 6.17. The summed E-state index contributed by atoms with van der Waals surface area (Å²) in [6.45, 7) is 2.70. The number of carbonyl (C=O) groups is 2. The molecule has 2 aromatic carbocycles. The summed E-state index contributed by atoms with van der Waals surface area (Å²) in [6, 6.07) is 17.9. The Kier molecular flexibility index (Phi) is 9.81. The number of primary amides is 1. The molecule has 3 rings (SSSR count). The maximum Gasteiger partial charge on any atom is 0.218 e. The topological polar surface area (TPSA) is 78.0 Å². The molecule has 30 heavy (non-hydrogen) atoms. The van der Waals surface area contributed by atoms with Crippen molar-refractivity contribution in [3.05, 3.63) is 89.5 Å². The van der Waals surface area contributed by atoms with Crippen LogP contribution >= 0.6 is 11.6 Å². The van der Waals surface area contributed by atoms with Crippen molar-refractivity contribution in [2.45, 2.75) is 38.6 Å². The number of benzene rings is 2. The second kappa shape index (κ2) is 12.6. The van der Waals surface area contributed by atoms with Gasteiger partial charge in [0.15, 0.2) is 6.29 Å². The van der Waals surface area contributed by atoms with Crippen LogP contribution in [0.15, 0.2) is 67.1 Å². The molecule has 158 valence electrons. The van der Waals surface area contributed by atoms with E-state index >= 15 is 0 Å². The van der Waals surface area contributed by atoms with Gasteiger partial charge in [0.1, 0.15) is 5.69 Å². The fourth-order valence-corrected chi connectivity index (χ4v) is 3.33. The first-order chi connectivity index (χ1) is 14.6. The second-order valence-corrected chi connectivity index (χ2v) is 7.36. The van der Waals surface area contributed by atoms with Gasteiger partial charge in [0.25, 0.3) is 0 Å². The molecule has 1 amide bonds. The third-order valence-electron chi connectivity index (χ3n) is 4.69. The van der Waals surface area contributed by atoms with Crippen molar-refractivity contribution in [3.63, 3.8) is 0 Å². The fourth-order valence-electron chi connectivity index (χ4n) is 3.06. The number of halogens is 1. The zero-order valence-electron chi connectivity index (χ0n) is 17.2. The van der Waals surface area contributed by atoms with Crippen LogP contribution in [-0.4, -0.2) is 27.6 Å². The van der Waals surface area contributed by atoms with Crippen molar-refractivity contribution >= 4 is 23.8 Å². The van der Waals surface area contributed by atoms with Gasteiger partial charge >= 0.3 is 0 Å². The zero-order chi connectivity index (χ0) is 21.8. The molecule has 5 nitrogen and oxygen atoms in total. The molecule has 1 heterocycles. The minimum absolute atomic E-state index is 0.0634. The normalized spacial score (nSPS) is 11.3. The maximum absolute atomic E-state index is 11.5. The van der Waals surface area contributed by atoms with E-state index in [2.05, 4.69) is 11.9 Å². The molecule has 0 saturated carbocycles. The number of aromatic nitrogens is 2. The van der Waals surface area contributed by atoms with E-state index in [0.29, 0.717) is 12.2 Å². The van der Waals surface area contributed by atoms with Gasteiger partial charge in [-0.2, -0.15) is 0 Å². The smallest absolute Gasteiger partial charge is 0.218 e. The van der Waals surface area contributed by atoms with E-state index < -0.39 is 0 Å². The monoisotopic (exact) mass is 425 g/mol. The lowest BCUT2D eigenvalue weighted by Gasteiger charge is -2.17. The fraction of sp³-hybridized carbons (Fsp3) is 0.292. The number of nitrogens with two attached hydrogens (primary N) is 1. The molecule has 6 heteroatoms. The predicted molar refractivity (Wildman–Crippen MR) is 121 cm³/mol. The summed E-state index contributed by atoms with van der Waals surface area (Å²) >= 11 is 5.30. The van der Waals surface area contributed by atoms with E-state index in [1.165, 1.54) is 6.42 Å². The van der Waals surface area contributed by atoms with E-state index in [0.717, 1.165) is 35.3 Å². The maximum atomic E-state index is 11.5. The third-order valence-corrected chi connectivity index (χ3v) is 4.96. The number of carbonyl (C=O) groups excluding carboxylic acids is 2. The number of amides is 1. The molecule has 1 unspecified atom stereocenters. The van der Waals surface area contributed by atoms with Gasteiger partial charge in [-0.25, -0.2) is 4.98 Å². The van der Waals surface area contributed by atoms with Crippen LogP contribution in [0, 0.1) is 0 Å². The van der Waals surface area contributed by atoms with Gasteiger partial charge in [-0.15, -0.1) is 11.6 Å². The van der Waals surface area contributed by atoms with Crippen LogP contribution in [0.4, 0.5) is 0 Å². The van der Waals surface area contributed by atoms with E-state index in [4.69, 9.17) is 17.3 Å². The first-order valence-electron chi connectivity index (χ1n) is 10.0. The molecule has 0 spiro atoms. The number of imidazole rings is 1. The number of aldehydes is 1. The van der Waals surface area contributed by atoms with Gasteiger partial charge in [-0.1, -0.05) is 67.9 Å². The highest BCUT2D eigenvalue weighted by Gasteiger charge is 2.16. The lowest BCUT2D eigenvalue weighted by Crippen LogP contribution is -2.16. The van der Waals surface area contributed by atoms with Crippen LogP contribution in [-0.2, 0) is 11.3 Å². The van der Waals surface area contributed by atoms with Crippen molar-refractivity contribution in [1.82, 2.24) is 9.55 Å². The quantitative estimate of drug-likeness (QED) is 0.396. The molecule has 0 radical (unpaired) electrons. The number of nitrogens with zero attached hydrogens (tertiary/aromatic N) is 2. The minimum Gasteiger partial charge on any atom is -0.370 e. The van der Waals surface area contributed by atoms with Gasteiger partial charge in [0.2, 0.25) is 5.91 Å². The van der Waals surface area contributed by atoms with Gasteiger partial charge in [0, 0.05) is 24.8 Å². The Morgan fingerprint density at radius 3 is 2.33 bits per heavy atom. The molecule has 3 aromatic rings. The lowest BCUT2D eigenvalue weighted by atomic mass is 9.88. The standard InChI is InChI=1S/C20H19N3O2.C4H9Cl/c21-20(25)10-19(16-4-2-1-3-5-16)17-8-6-15(7-9-17)12-23-14-22-11-18(23)13-24;1-2-3-4-5/h1-9,11,13-14,19H,10,12H2,(H2,21,25);2-4H2,1H3. The molecule has 0 aliphatic rings. The first kappa shape index (κ1) is 23.4. The van der Waals surface area contributed by atoms with Crippen LogP contribution in [0.1, 0.15) is 59.3 Å². The first-order valence-corrected chi connectivity index (χ1v) is 10.6. The van der Waals surface area contributed by atoms with Gasteiger partial charge in [-0.3, -0.25) is 9.59 Å². The van der Waals surface area contributed by atoms with Crippen molar-refractivity contribution < 1.29 is 9.59 Å². The van der Waals surface area contributed by atoms with E-state index in [1.54, 1.807) is 17.1 Å². The summed E-state index contributed by atoms with van der Waals surface area (Å²) in [5.41, 5.74) is 9.13. The van der Waals surface area contributed by atoms with Gasteiger partial charge in [0.05, 0.1) is 12.5 Å². The molecule has 0 bridgehead atoms. The highest BCUT2D eigenvalue weighted by atomic mass is 35.5. The third kappa shape index (κ3) is 7.16. The summed E-state index contributed by atoms with van der Waals surface area (Å²) in [7, 11) is 0. The second-order valence-electron chi connectivity index (χ2n) is 6.98. The molecule has 2 N–H and O–H groups in total. The number of hydrogen-bond acceptors (Lipinski definition) is 3. The Morgan fingerprint density at radius 2 is 1.80 bits per heavy atom. The molecule has 1 aromatic heterocycles. The van der Waals surface area contributed by atoms with Crippen LogP contribution in [0.3, 0.4) is 0 Å². The Morgan fingerprint density at radius 1 is 1.13 bits per heavy atom. The number of alkyl halides is 1. The number of hydrogen-bond donors (Lipinski definition) is 1. The average Bonchev–Trinajstić information content (AvgIpc) is 3.21. The van der Waals surface area contributed by atoms with Gasteiger partial charge in [-0.05, 0) is 23.1 Å². The van der Waals surface area contributed by atoms with Crippen LogP contribution in [0.25, 0.3) is 0 Å². The zero-order valence-corrected chi connectivity index (χ0v) is 18.0. The molecule has 0 fully saturated rings. The van der Waals surface area contributed by atoms with E-state index in [9.17, 15) is 9.59 Å². The Bertz CT molecular complexity index is 906. The molecular formula is C24H28ClN3O2. The Balaban J connectivity index is 0.000000575. The summed E-state index contributed by atoms with van der Waals surface area (Å²) < 4.78 is 1.79. The van der Waals surface area contributed by atoms with Gasteiger partial charge < -0.3 is 10.3 Å². The average molecular weight is 426 g/mol. The largest absolute Gasteiger partial charge is 0.370 e. The molecule has 1 atom stereocenters. The molecule has 0 aliphatic carbocycles. The lowest BCUT2D eigenvalue weighted by molar-refractivity contribution is -0.118. The van der Waals surface area contributed by atoms with Crippen molar-refractivity contribution in [3.8, 4) is 0 Å². The van der Waals surface area contributed by atoms with E-state index in [-0.39, 0.29) is 18.2 Å².